The van der Waals surface area contributed by atoms with Crippen LogP contribution in [0.5, 0.6) is 5.75 Å². The highest BCUT2D eigenvalue weighted by molar-refractivity contribution is 9.10. The fraction of sp³-hybridized carbons (Fsp3) is 0.0667. The maximum Gasteiger partial charge on any atom is 0.276 e. The first kappa shape index (κ1) is 16.3. The predicted molar refractivity (Wildman–Crippen MR) is 86.7 cm³/mol. The van der Waals surface area contributed by atoms with Gasteiger partial charge >= 0.3 is 0 Å². The van der Waals surface area contributed by atoms with Gasteiger partial charge in [0, 0.05) is 4.47 Å². The van der Waals surface area contributed by atoms with Gasteiger partial charge in [0.1, 0.15) is 5.75 Å². The molecule has 0 aliphatic carbocycles. The van der Waals surface area contributed by atoms with E-state index in [1.54, 1.807) is 48.5 Å². The normalized spacial score (nSPS) is 9.91. The first-order valence-electron chi connectivity index (χ1n) is 6.29. The highest BCUT2D eigenvalue weighted by Crippen LogP contribution is 2.22. The third-order valence-corrected chi connectivity index (χ3v) is 3.63. The molecule has 0 unspecified atom stereocenters. The summed E-state index contributed by atoms with van der Waals surface area (Å²) in [7, 11) is 0. The number of amides is 2. The lowest BCUT2D eigenvalue weighted by Gasteiger charge is -2.10. The van der Waals surface area contributed by atoms with Crippen molar-refractivity contribution in [2.24, 2.45) is 0 Å². The highest BCUT2D eigenvalue weighted by atomic mass is 79.9. The average molecular weight is 384 g/mol. The van der Waals surface area contributed by atoms with Crippen LogP contribution in [0.4, 0.5) is 0 Å². The molecule has 0 aromatic heterocycles. The molecule has 0 atom stereocenters. The zero-order valence-electron chi connectivity index (χ0n) is 11.3. The largest absolute Gasteiger partial charge is 0.482 e. The summed E-state index contributed by atoms with van der Waals surface area (Å²) >= 11 is 9.16. The Hall–Kier alpha value is -2.05. The van der Waals surface area contributed by atoms with Gasteiger partial charge in [0.15, 0.2) is 6.61 Å². The number of halogens is 2. The van der Waals surface area contributed by atoms with E-state index in [0.29, 0.717) is 20.8 Å². The molecule has 2 rings (SSSR count). The summed E-state index contributed by atoms with van der Waals surface area (Å²) < 4.78 is 5.89. The molecule has 2 amide bonds. The fourth-order valence-corrected chi connectivity index (χ4v) is 2.24. The number of hydrogen-bond donors (Lipinski definition) is 2. The van der Waals surface area contributed by atoms with Crippen LogP contribution in [0.2, 0.25) is 5.02 Å². The zero-order valence-corrected chi connectivity index (χ0v) is 13.6. The summed E-state index contributed by atoms with van der Waals surface area (Å²) in [6.45, 7) is -0.264. The van der Waals surface area contributed by atoms with Gasteiger partial charge in [-0.05, 0) is 40.2 Å². The Morgan fingerprint density at radius 2 is 1.73 bits per heavy atom. The first-order valence-corrected chi connectivity index (χ1v) is 7.46. The van der Waals surface area contributed by atoms with Gasteiger partial charge in [0.2, 0.25) is 0 Å². The van der Waals surface area contributed by atoms with Crippen LogP contribution in [0.25, 0.3) is 0 Å². The smallest absolute Gasteiger partial charge is 0.276 e. The molecule has 22 heavy (non-hydrogen) atoms. The van der Waals surface area contributed by atoms with Crippen LogP contribution in [0.15, 0.2) is 53.0 Å². The van der Waals surface area contributed by atoms with Crippen LogP contribution in [0.3, 0.4) is 0 Å². The fourth-order valence-electron chi connectivity index (χ4n) is 1.58. The number of nitrogens with one attached hydrogen (secondary N) is 2. The van der Waals surface area contributed by atoms with Crippen molar-refractivity contribution >= 4 is 39.3 Å². The number of para-hydroxylation sites is 1. The second kappa shape index (κ2) is 7.82. The summed E-state index contributed by atoms with van der Waals surface area (Å²) in [4.78, 5) is 23.5. The quantitative estimate of drug-likeness (QED) is 0.798. The second-order valence-electron chi connectivity index (χ2n) is 4.20. The third-order valence-electron chi connectivity index (χ3n) is 2.63. The molecule has 2 aromatic rings. The van der Waals surface area contributed by atoms with Crippen molar-refractivity contribution in [1.29, 1.82) is 0 Å². The minimum Gasteiger partial charge on any atom is -0.482 e. The lowest BCUT2D eigenvalue weighted by Crippen LogP contribution is -2.43. The Morgan fingerprint density at radius 1 is 1.05 bits per heavy atom. The van der Waals surface area contributed by atoms with E-state index in [1.807, 2.05) is 0 Å². The first-order chi connectivity index (χ1) is 10.6. The molecule has 0 saturated heterocycles. The molecular weight excluding hydrogens is 372 g/mol. The molecule has 5 nitrogen and oxygen atoms in total. The van der Waals surface area contributed by atoms with Crippen molar-refractivity contribution in [2.45, 2.75) is 0 Å². The van der Waals surface area contributed by atoms with E-state index in [1.165, 1.54) is 0 Å². The molecule has 114 valence electrons. The average Bonchev–Trinajstić information content (AvgIpc) is 2.52. The number of hydrazine groups is 1. The molecule has 0 spiro atoms. The van der Waals surface area contributed by atoms with Crippen molar-refractivity contribution in [3.05, 3.63) is 63.6 Å². The van der Waals surface area contributed by atoms with E-state index >= 15 is 0 Å². The molecule has 0 aliphatic heterocycles. The van der Waals surface area contributed by atoms with Crippen molar-refractivity contribution in [2.75, 3.05) is 6.61 Å². The molecule has 2 aromatic carbocycles. The summed E-state index contributed by atoms with van der Waals surface area (Å²) in [5.41, 5.74) is 4.99. The lowest BCUT2D eigenvalue weighted by atomic mass is 10.2. The van der Waals surface area contributed by atoms with Gasteiger partial charge in [-0.15, -0.1) is 0 Å². The van der Waals surface area contributed by atoms with Gasteiger partial charge < -0.3 is 4.74 Å². The van der Waals surface area contributed by atoms with Crippen molar-refractivity contribution < 1.29 is 14.3 Å². The summed E-state index contributed by atoms with van der Waals surface area (Å²) in [6.07, 6.45) is 0. The van der Waals surface area contributed by atoms with E-state index in [9.17, 15) is 9.59 Å². The minimum absolute atomic E-state index is 0.264. The van der Waals surface area contributed by atoms with Gasteiger partial charge in [-0.2, -0.15) is 0 Å². The molecule has 7 heteroatoms. The molecular formula is C15H12BrClN2O3. The maximum absolute atomic E-state index is 11.9. The van der Waals surface area contributed by atoms with Crippen LogP contribution in [0, 0.1) is 0 Å². The Balaban J connectivity index is 1.82. The Kier molecular flexibility index (Phi) is 5.80. The molecule has 0 heterocycles. The van der Waals surface area contributed by atoms with Crippen LogP contribution in [0.1, 0.15) is 10.4 Å². The van der Waals surface area contributed by atoms with Crippen LogP contribution in [-0.2, 0) is 4.79 Å². The Bertz CT molecular complexity index is 694. The predicted octanol–water partition coefficient (Wildman–Crippen LogP) is 2.94. The Morgan fingerprint density at radius 3 is 2.45 bits per heavy atom. The van der Waals surface area contributed by atoms with Gasteiger partial charge in [-0.1, -0.05) is 35.9 Å². The molecule has 0 fully saturated rings. The molecule has 2 N–H and O–H groups in total. The highest BCUT2D eigenvalue weighted by Gasteiger charge is 2.11. The van der Waals surface area contributed by atoms with Gasteiger partial charge in [-0.3, -0.25) is 20.4 Å². The number of hydrogen-bond acceptors (Lipinski definition) is 3. The lowest BCUT2D eigenvalue weighted by molar-refractivity contribution is -0.123. The van der Waals surface area contributed by atoms with Crippen molar-refractivity contribution in [3.8, 4) is 5.75 Å². The zero-order chi connectivity index (χ0) is 15.9. The number of rotatable bonds is 4. The number of ether oxygens (including phenoxy) is 1. The second-order valence-corrected chi connectivity index (χ2v) is 5.46. The SMILES string of the molecule is O=C(COc1ccccc1Cl)NNC(=O)c1ccccc1Br. The van der Waals surface area contributed by atoms with E-state index < -0.39 is 11.8 Å². The van der Waals surface area contributed by atoms with E-state index in [2.05, 4.69) is 26.8 Å². The standard InChI is InChI=1S/C15H12BrClN2O3/c16-11-6-2-1-5-10(11)15(21)19-18-14(20)9-22-13-8-4-3-7-12(13)17/h1-8H,9H2,(H,18,20)(H,19,21). The minimum atomic E-state index is -0.500. The van der Waals surface area contributed by atoms with Crippen LogP contribution in [-0.4, -0.2) is 18.4 Å². The van der Waals surface area contributed by atoms with E-state index in [0.717, 1.165) is 0 Å². The van der Waals surface area contributed by atoms with Gasteiger partial charge in [-0.25, -0.2) is 0 Å². The molecule has 0 saturated carbocycles. The number of carbonyl (C=O) groups is 2. The monoisotopic (exact) mass is 382 g/mol. The van der Waals surface area contributed by atoms with Gasteiger partial charge in [0.25, 0.3) is 11.8 Å². The number of carbonyl (C=O) groups excluding carboxylic acids is 2. The van der Waals surface area contributed by atoms with Crippen LogP contribution >= 0.6 is 27.5 Å². The molecule has 0 aliphatic rings. The summed E-state index contributed by atoms with van der Waals surface area (Å²) in [6, 6.07) is 13.7. The number of benzene rings is 2. The summed E-state index contributed by atoms with van der Waals surface area (Å²) in [5.74, 6) is -0.532. The maximum atomic E-state index is 11.9. The molecule has 0 bridgehead atoms. The van der Waals surface area contributed by atoms with Gasteiger partial charge in [0.05, 0.1) is 10.6 Å². The van der Waals surface area contributed by atoms with Crippen molar-refractivity contribution in [3.63, 3.8) is 0 Å². The summed E-state index contributed by atoms with van der Waals surface area (Å²) in [5, 5.41) is 0.410. The Labute approximate surface area is 140 Å². The van der Waals surface area contributed by atoms with E-state index in [-0.39, 0.29) is 6.61 Å². The topological polar surface area (TPSA) is 67.4 Å². The molecule has 0 radical (unpaired) electrons. The third kappa shape index (κ3) is 4.47. The van der Waals surface area contributed by atoms with E-state index in [4.69, 9.17) is 16.3 Å². The van der Waals surface area contributed by atoms with Crippen LogP contribution < -0.4 is 15.6 Å². The van der Waals surface area contributed by atoms with Crippen molar-refractivity contribution in [1.82, 2.24) is 10.9 Å².